The molecule has 0 spiro atoms. The van der Waals surface area contributed by atoms with Crippen LogP contribution >= 0.6 is 0 Å². The first-order valence-electron chi connectivity index (χ1n) is 5.72. The van der Waals surface area contributed by atoms with Crippen LogP contribution in [0.1, 0.15) is 22.8 Å². The highest BCUT2D eigenvalue weighted by Crippen LogP contribution is 2.29. The summed E-state index contributed by atoms with van der Waals surface area (Å²) in [6.07, 6.45) is 0. The molecule has 0 radical (unpaired) electrons. The maximum atomic E-state index is 11.0. The van der Waals surface area contributed by atoms with Crippen LogP contribution in [0, 0.1) is 11.8 Å². The smallest absolute Gasteiger partial charge is 0.335 e. The summed E-state index contributed by atoms with van der Waals surface area (Å²) in [6.45, 7) is 1.58. The highest BCUT2D eigenvalue weighted by molar-refractivity contribution is 5.89. The third-order valence-electron chi connectivity index (χ3n) is 2.39. The van der Waals surface area contributed by atoms with E-state index in [0.717, 1.165) is 0 Å². The lowest BCUT2D eigenvalue weighted by atomic mass is 10.1. The Hall–Kier alpha value is -2.68. The summed E-state index contributed by atoms with van der Waals surface area (Å²) in [6, 6.07) is 2.74. The van der Waals surface area contributed by atoms with Gasteiger partial charge in [0, 0.05) is 6.92 Å². The minimum atomic E-state index is -1.08. The van der Waals surface area contributed by atoms with Crippen LogP contribution in [0.3, 0.4) is 0 Å². The van der Waals surface area contributed by atoms with Gasteiger partial charge in [-0.05, 0) is 12.1 Å². The SMILES string of the molecule is COc1cc(C(=O)O)cc(OC)c1C#CCNC(C)=O. The maximum absolute atomic E-state index is 11.0. The van der Waals surface area contributed by atoms with Crippen molar-refractivity contribution in [1.82, 2.24) is 5.32 Å². The van der Waals surface area contributed by atoms with Gasteiger partial charge in [0.25, 0.3) is 0 Å². The van der Waals surface area contributed by atoms with Crippen LogP contribution in [0.2, 0.25) is 0 Å². The van der Waals surface area contributed by atoms with Crippen molar-refractivity contribution in [2.75, 3.05) is 20.8 Å². The third-order valence-corrected chi connectivity index (χ3v) is 2.39. The number of carbonyl (C=O) groups is 2. The van der Waals surface area contributed by atoms with E-state index in [1.807, 2.05) is 0 Å². The Kier molecular flexibility index (Phi) is 5.42. The van der Waals surface area contributed by atoms with Crippen molar-refractivity contribution in [1.29, 1.82) is 0 Å². The molecule has 0 saturated carbocycles. The minimum absolute atomic E-state index is 0.0473. The van der Waals surface area contributed by atoms with E-state index < -0.39 is 5.97 Å². The number of ether oxygens (including phenoxy) is 2. The van der Waals surface area contributed by atoms with Crippen molar-refractivity contribution >= 4 is 11.9 Å². The lowest BCUT2D eigenvalue weighted by molar-refractivity contribution is -0.118. The van der Waals surface area contributed by atoms with Gasteiger partial charge in [-0.3, -0.25) is 4.79 Å². The monoisotopic (exact) mass is 277 g/mol. The molecular weight excluding hydrogens is 262 g/mol. The molecule has 0 aliphatic heterocycles. The van der Waals surface area contributed by atoms with E-state index >= 15 is 0 Å². The van der Waals surface area contributed by atoms with E-state index in [-0.39, 0.29) is 18.0 Å². The Labute approximate surface area is 116 Å². The lowest BCUT2D eigenvalue weighted by Crippen LogP contribution is -2.19. The van der Waals surface area contributed by atoms with Crippen LogP contribution in [0.4, 0.5) is 0 Å². The number of amides is 1. The molecule has 0 saturated heterocycles. The molecule has 2 N–H and O–H groups in total. The van der Waals surface area contributed by atoms with Crippen molar-refractivity contribution in [3.05, 3.63) is 23.3 Å². The van der Waals surface area contributed by atoms with Gasteiger partial charge in [0.15, 0.2) is 0 Å². The molecule has 6 nitrogen and oxygen atoms in total. The molecule has 1 rings (SSSR count). The molecule has 0 bridgehead atoms. The first-order valence-corrected chi connectivity index (χ1v) is 5.72. The van der Waals surface area contributed by atoms with Gasteiger partial charge in [0.05, 0.1) is 26.3 Å². The molecule has 0 fully saturated rings. The fraction of sp³-hybridized carbons (Fsp3) is 0.286. The highest BCUT2D eigenvalue weighted by atomic mass is 16.5. The van der Waals surface area contributed by atoms with E-state index in [2.05, 4.69) is 17.2 Å². The number of benzene rings is 1. The fourth-order valence-corrected chi connectivity index (χ4v) is 1.46. The summed E-state index contributed by atoms with van der Waals surface area (Å²) in [7, 11) is 2.83. The van der Waals surface area contributed by atoms with Gasteiger partial charge >= 0.3 is 5.97 Å². The van der Waals surface area contributed by atoms with Crippen LogP contribution in [-0.4, -0.2) is 37.7 Å². The molecular formula is C14H15NO5. The molecule has 0 aromatic heterocycles. The quantitative estimate of drug-likeness (QED) is 0.798. The zero-order valence-corrected chi connectivity index (χ0v) is 11.4. The van der Waals surface area contributed by atoms with Crippen molar-refractivity contribution < 1.29 is 24.2 Å². The van der Waals surface area contributed by atoms with Crippen LogP contribution < -0.4 is 14.8 Å². The number of carbonyl (C=O) groups excluding carboxylic acids is 1. The molecule has 6 heteroatoms. The van der Waals surface area contributed by atoms with Crippen molar-refractivity contribution in [3.8, 4) is 23.3 Å². The number of aromatic carboxylic acids is 1. The average Bonchev–Trinajstić information content (AvgIpc) is 2.42. The molecule has 0 heterocycles. The molecule has 1 aromatic rings. The van der Waals surface area contributed by atoms with E-state index in [4.69, 9.17) is 14.6 Å². The number of hydrogen-bond donors (Lipinski definition) is 2. The molecule has 0 aliphatic rings. The van der Waals surface area contributed by atoms with Gasteiger partial charge in [-0.15, -0.1) is 0 Å². The molecule has 106 valence electrons. The Bertz CT molecular complexity index is 558. The number of nitrogens with one attached hydrogen (secondary N) is 1. The van der Waals surface area contributed by atoms with Gasteiger partial charge in [-0.25, -0.2) is 4.79 Å². The second-order valence-electron chi connectivity index (χ2n) is 3.77. The van der Waals surface area contributed by atoms with Crippen LogP contribution in [0.25, 0.3) is 0 Å². The summed E-state index contributed by atoms with van der Waals surface area (Å²) in [5.74, 6) is 4.88. The number of carboxylic acid groups (broad SMARTS) is 1. The number of hydrogen-bond acceptors (Lipinski definition) is 4. The summed E-state index contributed by atoms with van der Waals surface area (Å²) in [4.78, 5) is 21.7. The second-order valence-corrected chi connectivity index (χ2v) is 3.77. The van der Waals surface area contributed by atoms with Crippen LogP contribution in [0.15, 0.2) is 12.1 Å². The molecule has 0 atom stereocenters. The van der Waals surface area contributed by atoms with Crippen molar-refractivity contribution in [3.63, 3.8) is 0 Å². The Morgan fingerprint density at radius 1 is 1.25 bits per heavy atom. The largest absolute Gasteiger partial charge is 0.495 e. The van der Waals surface area contributed by atoms with E-state index in [9.17, 15) is 9.59 Å². The predicted octanol–water partition coefficient (Wildman–Crippen LogP) is 0.890. The average molecular weight is 277 g/mol. The van der Waals surface area contributed by atoms with Gasteiger partial charge in [-0.1, -0.05) is 11.8 Å². The molecule has 0 aliphatic carbocycles. The van der Waals surface area contributed by atoms with Crippen molar-refractivity contribution in [2.45, 2.75) is 6.92 Å². The van der Waals surface area contributed by atoms with Gasteiger partial charge in [0.2, 0.25) is 5.91 Å². The molecule has 0 unspecified atom stereocenters. The number of rotatable bonds is 4. The first kappa shape index (κ1) is 15.4. The summed E-state index contributed by atoms with van der Waals surface area (Å²) < 4.78 is 10.2. The topological polar surface area (TPSA) is 84.9 Å². The zero-order valence-electron chi connectivity index (χ0n) is 11.4. The van der Waals surface area contributed by atoms with Crippen LogP contribution in [0.5, 0.6) is 11.5 Å². The second kappa shape index (κ2) is 7.04. The maximum Gasteiger partial charge on any atom is 0.335 e. The predicted molar refractivity (Wildman–Crippen MR) is 72.1 cm³/mol. The lowest BCUT2D eigenvalue weighted by Gasteiger charge is -2.10. The Morgan fingerprint density at radius 2 is 1.80 bits per heavy atom. The highest BCUT2D eigenvalue weighted by Gasteiger charge is 2.14. The number of methoxy groups -OCH3 is 2. The van der Waals surface area contributed by atoms with E-state index in [1.54, 1.807) is 0 Å². The van der Waals surface area contributed by atoms with E-state index in [0.29, 0.717) is 17.1 Å². The fourth-order valence-electron chi connectivity index (χ4n) is 1.46. The van der Waals surface area contributed by atoms with Crippen molar-refractivity contribution in [2.24, 2.45) is 0 Å². The standard InChI is InChI=1S/C14H15NO5/c1-9(16)15-6-4-5-11-12(19-2)7-10(14(17)18)8-13(11)20-3/h7-8H,6H2,1-3H3,(H,15,16)(H,17,18). The molecule has 1 amide bonds. The summed E-state index contributed by atoms with van der Waals surface area (Å²) >= 11 is 0. The van der Waals surface area contributed by atoms with E-state index in [1.165, 1.54) is 33.3 Å². The normalized spacial score (nSPS) is 9.15. The Morgan fingerprint density at radius 3 is 2.20 bits per heavy atom. The number of carboxylic acids is 1. The molecule has 20 heavy (non-hydrogen) atoms. The summed E-state index contributed by atoms with van der Waals surface area (Å²) in [5, 5.41) is 11.5. The van der Waals surface area contributed by atoms with Crippen LogP contribution in [-0.2, 0) is 4.79 Å². The van der Waals surface area contributed by atoms with Gasteiger partial charge in [0.1, 0.15) is 17.1 Å². The summed E-state index contributed by atoms with van der Waals surface area (Å²) in [5.41, 5.74) is 0.483. The van der Waals surface area contributed by atoms with Gasteiger partial charge < -0.3 is 19.9 Å². The molecule has 1 aromatic carbocycles. The zero-order chi connectivity index (χ0) is 15.1. The third kappa shape index (κ3) is 3.92. The minimum Gasteiger partial charge on any atom is -0.495 e. The Balaban J connectivity index is 3.16. The first-order chi connectivity index (χ1) is 9.49. The van der Waals surface area contributed by atoms with Gasteiger partial charge in [-0.2, -0.15) is 0 Å².